The Morgan fingerprint density at radius 3 is 2.67 bits per heavy atom. The highest BCUT2D eigenvalue weighted by molar-refractivity contribution is 5.24. The number of aryl methyl sites for hydroxylation is 2. The molecule has 1 aromatic rings. The minimum Gasteiger partial charge on any atom is -0.385 e. The van der Waals surface area contributed by atoms with Crippen LogP contribution in [0.1, 0.15) is 37.2 Å². The number of hydrogen-bond acceptors (Lipinski definition) is 3. The predicted molar refractivity (Wildman–Crippen MR) is 75.0 cm³/mol. The predicted octanol–water partition coefficient (Wildman–Crippen LogP) is 2.08. The third kappa shape index (κ3) is 4.42. The lowest BCUT2D eigenvalue weighted by molar-refractivity contribution is 0.188. The largest absolute Gasteiger partial charge is 0.385 e. The molecule has 0 aliphatic carbocycles. The molecule has 0 amide bonds. The highest BCUT2D eigenvalue weighted by Gasteiger charge is 2.10. The summed E-state index contributed by atoms with van der Waals surface area (Å²) < 4.78 is 7.19. The highest BCUT2D eigenvalue weighted by Crippen LogP contribution is 2.13. The Kier molecular flexibility index (Phi) is 6.36. The van der Waals surface area contributed by atoms with Crippen molar-refractivity contribution in [3.05, 3.63) is 17.0 Å². The molecule has 0 atom stereocenters. The molecule has 0 unspecified atom stereocenters. The van der Waals surface area contributed by atoms with E-state index in [0.29, 0.717) is 6.04 Å². The second-order valence-electron chi connectivity index (χ2n) is 5.08. The molecule has 0 aromatic carbocycles. The van der Waals surface area contributed by atoms with E-state index in [1.807, 2.05) is 0 Å². The summed E-state index contributed by atoms with van der Waals surface area (Å²) in [6.07, 6.45) is 2.07. The van der Waals surface area contributed by atoms with E-state index in [-0.39, 0.29) is 0 Å². The zero-order valence-electron chi connectivity index (χ0n) is 12.4. The van der Waals surface area contributed by atoms with Crippen molar-refractivity contribution in [2.45, 2.75) is 53.1 Å². The summed E-state index contributed by atoms with van der Waals surface area (Å²) in [7, 11) is 1.74. The Labute approximate surface area is 111 Å². The Bertz CT molecular complexity index is 358. The summed E-state index contributed by atoms with van der Waals surface area (Å²) in [6.45, 7) is 11.4. The van der Waals surface area contributed by atoms with E-state index >= 15 is 0 Å². The standard InChI is InChI=1S/C14H27N3O/c1-11(2)15-8-7-14-12(3)16-17(13(14)4)9-6-10-18-5/h11,15H,6-10H2,1-5H3. The monoisotopic (exact) mass is 253 g/mol. The molecule has 0 aliphatic rings. The Morgan fingerprint density at radius 2 is 2.06 bits per heavy atom. The summed E-state index contributed by atoms with van der Waals surface area (Å²) >= 11 is 0. The molecule has 4 heteroatoms. The fourth-order valence-electron chi connectivity index (χ4n) is 2.16. The first-order valence-corrected chi connectivity index (χ1v) is 6.81. The first-order chi connectivity index (χ1) is 8.56. The van der Waals surface area contributed by atoms with Gasteiger partial charge in [-0.25, -0.2) is 0 Å². The second kappa shape index (κ2) is 7.54. The average molecular weight is 253 g/mol. The third-order valence-electron chi connectivity index (χ3n) is 3.18. The maximum atomic E-state index is 5.08. The maximum absolute atomic E-state index is 5.08. The van der Waals surface area contributed by atoms with Crippen molar-refractivity contribution >= 4 is 0 Å². The molecule has 18 heavy (non-hydrogen) atoms. The van der Waals surface area contributed by atoms with Gasteiger partial charge in [-0.3, -0.25) is 4.68 Å². The van der Waals surface area contributed by atoms with Crippen LogP contribution in [0.15, 0.2) is 0 Å². The lowest BCUT2D eigenvalue weighted by Crippen LogP contribution is -2.25. The molecule has 0 bridgehead atoms. The molecule has 1 N–H and O–H groups in total. The molecule has 0 spiro atoms. The first-order valence-electron chi connectivity index (χ1n) is 6.81. The van der Waals surface area contributed by atoms with Gasteiger partial charge in [0.2, 0.25) is 0 Å². The molecule has 1 rings (SSSR count). The van der Waals surface area contributed by atoms with Gasteiger partial charge in [-0.05, 0) is 38.8 Å². The van der Waals surface area contributed by atoms with Crippen LogP contribution in [0.4, 0.5) is 0 Å². The van der Waals surface area contributed by atoms with Crippen molar-refractivity contribution in [1.82, 2.24) is 15.1 Å². The molecule has 4 nitrogen and oxygen atoms in total. The van der Waals surface area contributed by atoms with Crippen LogP contribution in [-0.2, 0) is 17.7 Å². The summed E-state index contributed by atoms with van der Waals surface area (Å²) in [6, 6.07) is 0.544. The maximum Gasteiger partial charge on any atom is 0.0628 e. The van der Waals surface area contributed by atoms with Crippen molar-refractivity contribution in [3.8, 4) is 0 Å². The van der Waals surface area contributed by atoms with E-state index in [0.717, 1.165) is 38.2 Å². The van der Waals surface area contributed by atoms with Gasteiger partial charge in [-0.1, -0.05) is 13.8 Å². The summed E-state index contributed by atoms with van der Waals surface area (Å²) in [5.74, 6) is 0. The lowest BCUT2D eigenvalue weighted by Gasteiger charge is -2.08. The van der Waals surface area contributed by atoms with Crippen molar-refractivity contribution in [1.29, 1.82) is 0 Å². The zero-order valence-corrected chi connectivity index (χ0v) is 12.4. The number of methoxy groups -OCH3 is 1. The number of ether oxygens (including phenoxy) is 1. The van der Waals surface area contributed by atoms with Crippen LogP contribution in [0.25, 0.3) is 0 Å². The fourth-order valence-corrected chi connectivity index (χ4v) is 2.16. The molecule has 0 saturated carbocycles. The van der Waals surface area contributed by atoms with Gasteiger partial charge in [0.25, 0.3) is 0 Å². The summed E-state index contributed by atoms with van der Waals surface area (Å²) in [5.41, 5.74) is 3.85. The van der Waals surface area contributed by atoms with E-state index in [1.165, 1.54) is 11.3 Å². The number of nitrogens with zero attached hydrogens (tertiary/aromatic N) is 2. The Balaban J connectivity index is 2.57. The number of hydrogen-bond donors (Lipinski definition) is 1. The SMILES string of the molecule is COCCCn1nc(C)c(CCNC(C)C)c1C. The van der Waals surface area contributed by atoms with Gasteiger partial charge in [0.05, 0.1) is 5.69 Å². The van der Waals surface area contributed by atoms with E-state index in [2.05, 4.69) is 42.8 Å². The van der Waals surface area contributed by atoms with Gasteiger partial charge in [-0.15, -0.1) is 0 Å². The molecular weight excluding hydrogens is 226 g/mol. The molecule has 0 saturated heterocycles. The van der Waals surface area contributed by atoms with Crippen LogP contribution >= 0.6 is 0 Å². The Hall–Kier alpha value is -0.870. The number of nitrogens with one attached hydrogen (secondary N) is 1. The van der Waals surface area contributed by atoms with E-state index in [9.17, 15) is 0 Å². The molecule has 1 heterocycles. The molecule has 0 fully saturated rings. The minimum atomic E-state index is 0.544. The van der Waals surface area contributed by atoms with Crippen molar-refractivity contribution < 1.29 is 4.74 Å². The van der Waals surface area contributed by atoms with Gasteiger partial charge in [-0.2, -0.15) is 5.10 Å². The highest BCUT2D eigenvalue weighted by atomic mass is 16.5. The van der Waals surface area contributed by atoms with Gasteiger partial charge >= 0.3 is 0 Å². The smallest absolute Gasteiger partial charge is 0.0628 e. The summed E-state index contributed by atoms with van der Waals surface area (Å²) in [4.78, 5) is 0. The molecule has 0 aliphatic heterocycles. The quantitative estimate of drug-likeness (QED) is 0.721. The normalized spacial score (nSPS) is 11.4. The van der Waals surface area contributed by atoms with Crippen LogP contribution in [0.3, 0.4) is 0 Å². The van der Waals surface area contributed by atoms with Gasteiger partial charge in [0.15, 0.2) is 0 Å². The third-order valence-corrected chi connectivity index (χ3v) is 3.18. The van der Waals surface area contributed by atoms with Crippen LogP contribution in [0, 0.1) is 13.8 Å². The van der Waals surface area contributed by atoms with E-state index in [4.69, 9.17) is 4.74 Å². The average Bonchev–Trinajstić information content (AvgIpc) is 2.56. The van der Waals surface area contributed by atoms with Crippen molar-refractivity contribution in [2.24, 2.45) is 0 Å². The molecule has 0 radical (unpaired) electrons. The number of aromatic nitrogens is 2. The lowest BCUT2D eigenvalue weighted by atomic mass is 10.1. The molecule has 1 aromatic heterocycles. The molecular formula is C14H27N3O. The Morgan fingerprint density at radius 1 is 1.33 bits per heavy atom. The van der Waals surface area contributed by atoms with Gasteiger partial charge < -0.3 is 10.1 Å². The number of rotatable bonds is 8. The molecule has 104 valence electrons. The first kappa shape index (κ1) is 15.2. The van der Waals surface area contributed by atoms with Crippen LogP contribution in [0.5, 0.6) is 0 Å². The second-order valence-corrected chi connectivity index (χ2v) is 5.08. The topological polar surface area (TPSA) is 39.1 Å². The van der Waals surface area contributed by atoms with E-state index in [1.54, 1.807) is 7.11 Å². The van der Waals surface area contributed by atoms with Gasteiger partial charge in [0.1, 0.15) is 0 Å². The fraction of sp³-hybridized carbons (Fsp3) is 0.786. The van der Waals surface area contributed by atoms with Crippen LogP contribution in [-0.4, -0.2) is 36.1 Å². The summed E-state index contributed by atoms with van der Waals surface area (Å²) in [5, 5.41) is 8.07. The zero-order chi connectivity index (χ0) is 13.5. The van der Waals surface area contributed by atoms with E-state index < -0.39 is 0 Å². The van der Waals surface area contributed by atoms with Gasteiger partial charge in [0, 0.05) is 32.0 Å². The van der Waals surface area contributed by atoms with Crippen molar-refractivity contribution in [3.63, 3.8) is 0 Å². The van der Waals surface area contributed by atoms with Crippen LogP contribution < -0.4 is 5.32 Å². The van der Waals surface area contributed by atoms with Crippen molar-refractivity contribution in [2.75, 3.05) is 20.3 Å². The van der Waals surface area contributed by atoms with Crippen LogP contribution in [0.2, 0.25) is 0 Å². The minimum absolute atomic E-state index is 0.544.